The molecule has 1 N–H and O–H groups in total. The predicted octanol–water partition coefficient (Wildman–Crippen LogP) is 2.04. The lowest BCUT2D eigenvalue weighted by Gasteiger charge is -2.06. The van der Waals surface area contributed by atoms with Gasteiger partial charge in [0.05, 0.1) is 4.88 Å². The van der Waals surface area contributed by atoms with Gasteiger partial charge in [-0.3, -0.25) is 14.4 Å². The van der Waals surface area contributed by atoms with Crippen LogP contribution < -0.4 is 5.32 Å². The fourth-order valence-electron chi connectivity index (χ4n) is 1.59. The largest absolute Gasteiger partial charge is 0.456 e. The normalized spacial score (nSPS) is 10.0. The van der Waals surface area contributed by atoms with E-state index in [4.69, 9.17) is 4.74 Å². The van der Waals surface area contributed by atoms with E-state index in [2.05, 4.69) is 5.32 Å². The highest BCUT2D eigenvalue weighted by Crippen LogP contribution is 2.09. The number of ether oxygens (including phenoxy) is 1. The fourth-order valence-corrected chi connectivity index (χ4v) is 2.24. The van der Waals surface area contributed by atoms with Crippen molar-refractivity contribution in [2.24, 2.45) is 0 Å². The van der Waals surface area contributed by atoms with E-state index in [1.165, 1.54) is 29.5 Å². The van der Waals surface area contributed by atoms with Crippen molar-refractivity contribution >= 4 is 29.0 Å². The van der Waals surface area contributed by atoms with Crippen LogP contribution in [0.3, 0.4) is 0 Å². The number of benzene rings is 1. The first-order chi connectivity index (χ1) is 10.6. The van der Waals surface area contributed by atoms with E-state index in [-0.39, 0.29) is 18.0 Å². The van der Waals surface area contributed by atoms with Gasteiger partial charge in [0.2, 0.25) is 5.78 Å². The van der Waals surface area contributed by atoms with Gasteiger partial charge in [0.25, 0.3) is 5.91 Å². The van der Waals surface area contributed by atoms with Gasteiger partial charge >= 0.3 is 5.97 Å². The molecule has 0 saturated heterocycles. The number of Topliss-reactive ketones (excluding diaryl/α,β-unsaturated/α-hetero) is 1. The summed E-state index contributed by atoms with van der Waals surface area (Å²) < 4.78 is 17.7. The number of esters is 1. The van der Waals surface area contributed by atoms with Crippen LogP contribution in [-0.4, -0.2) is 30.8 Å². The van der Waals surface area contributed by atoms with Crippen molar-refractivity contribution in [3.63, 3.8) is 0 Å². The number of hydrogen-bond acceptors (Lipinski definition) is 5. The number of ketones is 1. The molecule has 0 aliphatic heterocycles. The van der Waals surface area contributed by atoms with Crippen LogP contribution in [0.4, 0.5) is 4.39 Å². The SMILES string of the molecule is O=C(CNC(=O)c1cccc(F)c1)OCC(=O)c1cccs1. The molecule has 2 aromatic rings. The van der Waals surface area contributed by atoms with Gasteiger partial charge in [-0.25, -0.2) is 4.39 Å². The Balaban J connectivity index is 1.76. The van der Waals surface area contributed by atoms with E-state index < -0.39 is 24.2 Å². The topological polar surface area (TPSA) is 72.5 Å². The van der Waals surface area contributed by atoms with Crippen LogP contribution in [0.25, 0.3) is 0 Å². The molecule has 1 aromatic carbocycles. The number of rotatable bonds is 6. The number of thiophene rings is 1. The first-order valence-electron chi connectivity index (χ1n) is 6.32. The van der Waals surface area contributed by atoms with E-state index in [9.17, 15) is 18.8 Å². The summed E-state index contributed by atoms with van der Waals surface area (Å²) in [6.45, 7) is -0.776. The fraction of sp³-hybridized carbons (Fsp3) is 0.133. The standard InChI is InChI=1S/C15H12FNO4S/c16-11-4-1-3-10(7-11)15(20)17-8-14(19)21-9-12(18)13-5-2-6-22-13/h1-7H,8-9H2,(H,17,20). The molecule has 2 rings (SSSR count). The molecule has 0 saturated carbocycles. The second-order valence-electron chi connectivity index (χ2n) is 4.25. The van der Waals surface area contributed by atoms with Crippen molar-refractivity contribution in [1.29, 1.82) is 0 Å². The van der Waals surface area contributed by atoms with Crippen LogP contribution in [-0.2, 0) is 9.53 Å². The van der Waals surface area contributed by atoms with Crippen LogP contribution in [0.2, 0.25) is 0 Å². The molecule has 0 spiro atoms. The highest BCUT2D eigenvalue weighted by atomic mass is 32.1. The third-order valence-electron chi connectivity index (χ3n) is 2.64. The van der Waals surface area contributed by atoms with Gasteiger partial charge in [-0.15, -0.1) is 11.3 Å². The van der Waals surface area contributed by atoms with Crippen molar-refractivity contribution in [1.82, 2.24) is 5.32 Å². The summed E-state index contributed by atoms with van der Waals surface area (Å²) >= 11 is 1.25. The zero-order chi connectivity index (χ0) is 15.9. The molecule has 1 aromatic heterocycles. The minimum atomic E-state index is -0.741. The Hall–Kier alpha value is -2.54. The quantitative estimate of drug-likeness (QED) is 0.653. The molecular weight excluding hydrogens is 309 g/mol. The highest BCUT2D eigenvalue weighted by Gasteiger charge is 2.12. The second kappa shape index (κ2) is 7.46. The molecule has 0 fully saturated rings. The first-order valence-corrected chi connectivity index (χ1v) is 7.20. The van der Waals surface area contributed by atoms with Crippen molar-refractivity contribution in [3.05, 3.63) is 58.0 Å². The van der Waals surface area contributed by atoms with E-state index in [0.717, 1.165) is 6.07 Å². The summed E-state index contributed by atoms with van der Waals surface area (Å²) in [5, 5.41) is 4.04. The van der Waals surface area contributed by atoms with Crippen LogP contribution in [0.15, 0.2) is 41.8 Å². The van der Waals surface area contributed by atoms with Crippen molar-refractivity contribution in [2.75, 3.05) is 13.2 Å². The Bertz CT molecular complexity index is 685. The third kappa shape index (κ3) is 4.49. The van der Waals surface area contributed by atoms with Gasteiger partial charge in [-0.2, -0.15) is 0 Å². The molecule has 5 nitrogen and oxygen atoms in total. The molecule has 7 heteroatoms. The monoisotopic (exact) mass is 321 g/mol. The van der Waals surface area contributed by atoms with Crippen LogP contribution in [0, 0.1) is 5.82 Å². The van der Waals surface area contributed by atoms with Gasteiger partial charge in [0.1, 0.15) is 12.4 Å². The Labute approximate surface area is 129 Å². The van der Waals surface area contributed by atoms with Crippen molar-refractivity contribution in [2.45, 2.75) is 0 Å². The number of hydrogen-bond donors (Lipinski definition) is 1. The van der Waals surface area contributed by atoms with E-state index >= 15 is 0 Å². The average molecular weight is 321 g/mol. The molecule has 0 bridgehead atoms. The zero-order valence-electron chi connectivity index (χ0n) is 11.4. The van der Waals surface area contributed by atoms with Gasteiger partial charge in [0.15, 0.2) is 6.61 Å². The van der Waals surface area contributed by atoms with Gasteiger partial charge in [0, 0.05) is 5.56 Å². The average Bonchev–Trinajstić information content (AvgIpc) is 3.04. The smallest absolute Gasteiger partial charge is 0.325 e. The first kappa shape index (κ1) is 15.8. The maximum absolute atomic E-state index is 13.0. The lowest BCUT2D eigenvalue weighted by molar-refractivity contribution is -0.141. The number of amides is 1. The van der Waals surface area contributed by atoms with Crippen molar-refractivity contribution < 1.29 is 23.5 Å². The van der Waals surface area contributed by atoms with Crippen molar-refractivity contribution in [3.8, 4) is 0 Å². The van der Waals surface area contributed by atoms with Crippen LogP contribution in [0.1, 0.15) is 20.0 Å². The number of carbonyl (C=O) groups excluding carboxylic acids is 3. The third-order valence-corrected chi connectivity index (χ3v) is 3.55. The molecule has 0 atom stereocenters. The maximum Gasteiger partial charge on any atom is 0.325 e. The lowest BCUT2D eigenvalue weighted by atomic mass is 10.2. The number of nitrogens with one attached hydrogen (secondary N) is 1. The van der Waals surface area contributed by atoms with E-state index in [0.29, 0.717) is 4.88 Å². The summed E-state index contributed by atoms with van der Waals surface area (Å²) in [5.74, 6) is -2.19. The summed E-state index contributed by atoms with van der Waals surface area (Å²) in [6, 6.07) is 8.43. The Morgan fingerprint density at radius 3 is 2.68 bits per heavy atom. The summed E-state index contributed by atoms with van der Waals surface area (Å²) in [6.07, 6.45) is 0. The molecule has 1 heterocycles. The molecule has 0 aliphatic carbocycles. The van der Waals surface area contributed by atoms with Gasteiger partial charge < -0.3 is 10.1 Å². The van der Waals surface area contributed by atoms with E-state index in [1.807, 2.05) is 0 Å². The number of halogens is 1. The Morgan fingerprint density at radius 1 is 1.18 bits per heavy atom. The molecule has 22 heavy (non-hydrogen) atoms. The minimum absolute atomic E-state index is 0.0995. The summed E-state index contributed by atoms with van der Waals surface area (Å²) in [7, 11) is 0. The van der Waals surface area contributed by atoms with E-state index in [1.54, 1.807) is 17.5 Å². The van der Waals surface area contributed by atoms with Gasteiger partial charge in [-0.1, -0.05) is 12.1 Å². The molecule has 0 radical (unpaired) electrons. The van der Waals surface area contributed by atoms with Crippen LogP contribution >= 0.6 is 11.3 Å². The minimum Gasteiger partial charge on any atom is -0.456 e. The second-order valence-corrected chi connectivity index (χ2v) is 5.20. The van der Waals surface area contributed by atoms with Crippen LogP contribution in [0.5, 0.6) is 0 Å². The zero-order valence-corrected chi connectivity index (χ0v) is 12.2. The molecule has 0 aliphatic rings. The Morgan fingerprint density at radius 2 is 2.00 bits per heavy atom. The summed E-state index contributed by atoms with van der Waals surface area (Å²) in [5.41, 5.74) is 0.0995. The molecule has 114 valence electrons. The molecule has 1 amide bonds. The maximum atomic E-state index is 13.0. The summed E-state index contributed by atoms with van der Waals surface area (Å²) in [4.78, 5) is 35.2. The Kier molecular flexibility index (Phi) is 5.37. The van der Waals surface area contributed by atoms with Gasteiger partial charge in [-0.05, 0) is 29.6 Å². The predicted molar refractivity (Wildman–Crippen MR) is 78.3 cm³/mol. The lowest BCUT2D eigenvalue weighted by Crippen LogP contribution is -2.31. The highest BCUT2D eigenvalue weighted by molar-refractivity contribution is 7.12. The molecule has 0 unspecified atom stereocenters. The molecular formula is C15H12FNO4S. The number of carbonyl (C=O) groups is 3.